The summed E-state index contributed by atoms with van der Waals surface area (Å²) < 4.78 is 19.1. The maximum absolute atomic E-state index is 14.0. The van der Waals surface area contributed by atoms with Gasteiger partial charge < -0.3 is 4.74 Å². The van der Waals surface area contributed by atoms with Gasteiger partial charge in [-0.2, -0.15) is 0 Å². The Morgan fingerprint density at radius 1 is 1.37 bits per heavy atom. The molecule has 0 bridgehead atoms. The molecule has 0 spiro atoms. The van der Waals surface area contributed by atoms with Crippen LogP contribution in [0.25, 0.3) is 0 Å². The molecule has 4 heteroatoms. The Bertz CT molecular complexity index is 415. The van der Waals surface area contributed by atoms with Crippen LogP contribution in [0.1, 0.15) is 45.7 Å². The first kappa shape index (κ1) is 15.9. The lowest BCUT2D eigenvalue weighted by atomic mass is 9.77. The summed E-state index contributed by atoms with van der Waals surface area (Å²) in [5.41, 5.74) is 3.47. The summed E-state index contributed by atoms with van der Waals surface area (Å²) >= 11 is 0. The van der Waals surface area contributed by atoms with Crippen molar-refractivity contribution in [3.05, 3.63) is 29.6 Å². The molecule has 0 amide bonds. The second-order valence-corrected chi connectivity index (χ2v) is 6.11. The first-order valence-electron chi connectivity index (χ1n) is 6.59. The number of ether oxygens (including phenoxy) is 1. The third-order valence-corrected chi connectivity index (χ3v) is 3.85. The maximum atomic E-state index is 14.0. The van der Waals surface area contributed by atoms with Crippen molar-refractivity contribution in [1.82, 2.24) is 5.43 Å². The standard InChI is InChI=1S/C15H25FN2O/c1-10(15(2,3)4)8-14(18-17)12-7-6-11(19-5)9-13(12)16/h6-7,9-10,14,18H,8,17H2,1-5H3. The summed E-state index contributed by atoms with van der Waals surface area (Å²) in [6, 6.07) is 4.68. The van der Waals surface area contributed by atoms with Gasteiger partial charge in [-0.05, 0) is 23.8 Å². The predicted octanol–water partition coefficient (Wildman–Crippen LogP) is 3.41. The molecular weight excluding hydrogens is 243 g/mol. The molecule has 0 saturated carbocycles. The van der Waals surface area contributed by atoms with E-state index in [1.54, 1.807) is 12.1 Å². The van der Waals surface area contributed by atoms with Crippen LogP contribution in [0.4, 0.5) is 4.39 Å². The Hall–Kier alpha value is -1.13. The van der Waals surface area contributed by atoms with Crippen molar-refractivity contribution < 1.29 is 9.13 Å². The van der Waals surface area contributed by atoms with E-state index in [0.717, 1.165) is 6.42 Å². The smallest absolute Gasteiger partial charge is 0.131 e. The number of nitrogens with two attached hydrogens (primary N) is 1. The van der Waals surface area contributed by atoms with E-state index < -0.39 is 0 Å². The largest absolute Gasteiger partial charge is 0.497 e. The molecule has 3 nitrogen and oxygen atoms in total. The molecular formula is C15H25FN2O. The normalized spacial score (nSPS) is 15.1. The van der Waals surface area contributed by atoms with E-state index in [2.05, 4.69) is 33.1 Å². The van der Waals surface area contributed by atoms with Crippen molar-refractivity contribution in [2.24, 2.45) is 17.2 Å². The number of hydrazine groups is 1. The van der Waals surface area contributed by atoms with E-state index in [4.69, 9.17) is 10.6 Å². The second kappa shape index (κ2) is 6.35. The third-order valence-electron chi connectivity index (χ3n) is 3.85. The molecule has 1 aromatic carbocycles. The number of benzene rings is 1. The molecule has 2 atom stereocenters. The van der Waals surface area contributed by atoms with Gasteiger partial charge in [0, 0.05) is 17.7 Å². The van der Waals surface area contributed by atoms with Crippen molar-refractivity contribution in [3.63, 3.8) is 0 Å². The van der Waals surface area contributed by atoms with Gasteiger partial charge in [0.25, 0.3) is 0 Å². The second-order valence-electron chi connectivity index (χ2n) is 6.11. The van der Waals surface area contributed by atoms with E-state index in [1.807, 2.05) is 0 Å². The number of hydrogen-bond acceptors (Lipinski definition) is 3. The van der Waals surface area contributed by atoms with Gasteiger partial charge in [-0.15, -0.1) is 0 Å². The van der Waals surface area contributed by atoms with Crippen molar-refractivity contribution >= 4 is 0 Å². The van der Waals surface area contributed by atoms with Crippen molar-refractivity contribution in [2.75, 3.05) is 7.11 Å². The summed E-state index contributed by atoms with van der Waals surface area (Å²) in [6.07, 6.45) is 0.781. The lowest BCUT2D eigenvalue weighted by molar-refractivity contribution is 0.222. The first-order valence-corrected chi connectivity index (χ1v) is 6.59. The lowest BCUT2D eigenvalue weighted by Crippen LogP contribution is -2.32. The van der Waals surface area contributed by atoms with E-state index >= 15 is 0 Å². The van der Waals surface area contributed by atoms with E-state index in [1.165, 1.54) is 13.2 Å². The SMILES string of the molecule is COc1ccc(C(CC(C)C(C)(C)C)NN)c(F)c1. The Morgan fingerprint density at radius 3 is 2.42 bits per heavy atom. The van der Waals surface area contributed by atoms with Crippen molar-refractivity contribution in [1.29, 1.82) is 0 Å². The molecule has 0 saturated heterocycles. The van der Waals surface area contributed by atoms with Gasteiger partial charge in [0.1, 0.15) is 11.6 Å². The third kappa shape index (κ3) is 4.18. The minimum atomic E-state index is -0.289. The highest BCUT2D eigenvalue weighted by atomic mass is 19.1. The molecule has 1 aromatic rings. The lowest BCUT2D eigenvalue weighted by Gasteiger charge is -2.30. The summed E-state index contributed by atoms with van der Waals surface area (Å²) in [5, 5.41) is 0. The quantitative estimate of drug-likeness (QED) is 0.635. The summed E-state index contributed by atoms with van der Waals surface area (Å²) in [4.78, 5) is 0. The van der Waals surface area contributed by atoms with Crippen molar-refractivity contribution in [3.8, 4) is 5.75 Å². The Labute approximate surface area is 115 Å². The number of hydrogen-bond donors (Lipinski definition) is 2. The molecule has 0 heterocycles. The summed E-state index contributed by atoms with van der Waals surface area (Å²) in [7, 11) is 1.52. The topological polar surface area (TPSA) is 47.3 Å². The van der Waals surface area contributed by atoms with Gasteiger partial charge >= 0.3 is 0 Å². The van der Waals surface area contributed by atoms with Crippen molar-refractivity contribution in [2.45, 2.75) is 40.2 Å². The Morgan fingerprint density at radius 2 is 2.00 bits per heavy atom. The molecule has 0 aliphatic rings. The maximum Gasteiger partial charge on any atom is 0.131 e. The van der Waals surface area contributed by atoms with E-state index in [-0.39, 0.29) is 17.3 Å². The molecule has 0 radical (unpaired) electrons. The zero-order chi connectivity index (χ0) is 14.6. The number of nitrogens with one attached hydrogen (secondary N) is 1. The van der Waals surface area contributed by atoms with Gasteiger partial charge in [0.15, 0.2) is 0 Å². The van der Waals surface area contributed by atoms with Gasteiger partial charge in [-0.3, -0.25) is 11.3 Å². The van der Waals surface area contributed by atoms with Crippen LogP contribution >= 0.6 is 0 Å². The van der Waals surface area contributed by atoms with Crippen LogP contribution in [-0.4, -0.2) is 7.11 Å². The molecule has 19 heavy (non-hydrogen) atoms. The fourth-order valence-electron chi connectivity index (χ4n) is 1.91. The van der Waals surface area contributed by atoms with Gasteiger partial charge in [-0.25, -0.2) is 4.39 Å². The molecule has 2 unspecified atom stereocenters. The fraction of sp³-hybridized carbons (Fsp3) is 0.600. The average molecular weight is 268 g/mol. The molecule has 0 aliphatic heterocycles. The average Bonchev–Trinajstić information content (AvgIpc) is 2.34. The summed E-state index contributed by atoms with van der Waals surface area (Å²) in [6.45, 7) is 8.69. The van der Waals surface area contributed by atoms with Gasteiger partial charge in [-0.1, -0.05) is 33.8 Å². The number of rotatable bonds is 5. The van der Waals surface area contributed by atoms with Crippen LogP contribution in [-0.2, 0) is 0 Å². The zero-order valence-corrected chi connectivity index (χ0v) is 12.5. The van der Waals surface area contributed by atoms with Crippen LogP contribution in [0.2, 0.25) is 0 Å². The Balaban J connectivity index is 2.92. The van der Waals surface area contributed by atoms with Crippen LogP contribution in [0.5, 0.6) is 5.75 Å². The van der Waals surface area contributed by atoms with Crippen LogP contribution in [0, 0.1) is 17.2 Å². The van der Waals surface area contributed by atoms with Crippen LogP contribution < -0.4 is 16.0 Å². The van der Waals surface area contributed by atoms with E-state index in [9.17, 15) is 4.39 Å². The van der Waals surface area contributed by atoms with E-state index in [0.29, 0.717) is 17.2 Å². The molecule has 0 aromatic heterocycles. The highest BCUT2D eigenvalue weighted by molar-refractivity contribution is 5.30. The molecule has 108 valence electrons. The first-order chi connectivity index (χ1) is 8.79. The van der Waals surface area contributed by atoms with Gasteiger partial charge in [0.2, 0.25) is 0 Å². The number of methoxy groups -OCH3 is 1. The summed E-state index contributed by atoms with van der Waals surface area (Å²) in [5.74, 6) is 6.23. The fourth-order valence-corrected chi connectivity index (χ4v) is 1.91. The number of halogens is 1. The zero-order valence-electron chi connectivity index (χ0n) is 12.5. The highest BCUT2D eigenvalue weighted by Crippen LogP contribution is 2.34. The molecule has 0 aliphatic carbocycles. The highest BCUT2D eigenvalue weighted by Gasteiger charge is 2.25. The van der Waals surface area contributed by atoms with Gasteiger partial charge in [0.05, 0.1) is 7.11 Å². The van der Waals surface area contributed by atoms with Crippen LogP contribution in [0.15, 0.2) is 18.2 Å². The minimum absolute atomic E-state index is 0.165. The predicted molar refractivity (Wildman–Crippen MR) is 76.3 cm³/mol. The molecule has 3 N–H and O–H groups in total. The Kier molecular flexibility index (Phi) is 5.32. The van der Waals surface area contributed by atoms with Crippen LogP contribution in [0.3, 0.4) is 0 Å². The minimum Gasteiger partial charge on any atom is -0.497 e. The molecule has 0 fully saturated rings. The molecule has 1 rings (SSSR count). The monoisotopic (exact) mass is 268 g/mol.